The summed E-state index contributed by atoms with van der Waals surface area (Å²) in [5.74, 6) is -0.672. The van der Waals surface area contributed by atoms with Gasteiger partial charge in [0.05, 0.1) is 18.4 Å². The van der Waals surface area contributed by atoms with E-state index in [4.69, 9.17) is 4.74 Å². The van der Waals surface area contributed by atoms with Gasteiger partial charge in [0.1, 0.15) is 17.6 Å². The molecule has 3 rings (SSSR count). The van der Waals surface area contributed by atoms with Gasteiger partial charge in [-0.3, -0.25) is 9.59 Å². The first-order valence-electron chi connectivity index (χ1n) is 8.45. The molecule has 1 fully saturated rings. The van der Waals surface area contributed by atoms with Crippen LogP contribution in [0.4, 0.5) is 10.1 Å². The quantitative estimate of drug-likeness (QED) is 0.849. The Morgan fingerprint density at radius 1 is 1.19 bits per heavy atom. The van der Waals surface area contributed by atoms with Crippen LogP contribution in [0.15, 0.2) is 42.5 Å². The minimum atomic E-state index is -0.693. The Labute approximate surface area is 152 Å². The predicted octanol–water partition coefficient (Wildman–Crippen LogP) is 3.02. The Kier molecular flexibility index (Phi) is 4.93. The van der Waals surface area contributed by atoms with E-state index in [0.29, 0.717) is 24.5 Å². The number of anilines is 1. The van der Waals surface area contributed by atoms with Crippen molar-refractivity contribution in [3.05, 3.63) is 59.4 Å². The van der Waals surface area contributed by atoms with Crippen molar-refractivity contribution >= 4 is 17.5 Å². The van der Waals surface area contributed by atoms with Crippen LogP contribution in [0.2, 0.25) is 0 Å². The molecule has 0 spiro atoms. The number of carbonyl (C=O) groups excluding carboxylic acids is 2. The van der Waals surface area contributed by atoms with Gasteiger partial charge in [0.15, 0.2) is 0 Å². The normalized spacial score (nSPS) is 17.4. The molecule has 0 bridgehead atoms. The lowest BCUT2D eigenvalue weighted by molar-refractivity contribution is -0.124. The number of hydrogen-bond acceptors (Lipinski definition) is 3. The maximum atomic E-state index is 13.9. The molecule has 26 heavy (non-hydrogen) atoms. The molecule has 2 amide bonds. The summed E-state index contributed by atoms with van der Waals surface area (Å²) in [6.45, 7) is 4.24. The summed E-state index contributed by atoms with van der Waals surface area (Å²) < 4.78 is 19.3. The molecule has 1 atom stereocenters. The number of rotatable bonds is 3. The molecule has 1 heterocycles. The van der Waals surface area contributed by atoms with Gasteiger partial charge in [-0.2, -0.15) is 0 Å². The van der Waals surface area contributed by atoms with Crippen molar-refractivity contribution in [1.82, 2.24) is 4.90 Å². The number of nitrogens with zero attached hydrogens (tertiary/aromatic N) is 2. The summed E-state index contributed by atoms with van der Waals surface area (Å²) in [6, 6.07) is 10.7. The Morgan fingerprint density at radius 3 is 2.62 bits per heavy atom. The fourth-order valence-electron chi connectivity index (χ4n) is 3.19. The van der Waals surface area contributed by atoms with Gasteiger partial charge in [0.2, 0.25) is 5.91 Å². The van der Waals surface area contributed by atoms with Crippen molar-refractivity contribution in [3.8, 4) is 5.75 Å². The summed E-state index contributed by atoms with van der Waals surface area (Å²) in [5, 5.41) is 0. The summed E-state index contributed by atoms with van der Waals surface area (Å²) in [6.07, 6.45) is 0. The zero-order valence-corrected chi connectivity index (χ0v) is 15.0. The number of halogens is 1. The first kappa shape index (κ1) is 17.9. The van der Waals surface area contributed by atoms with Crippen LogP contribution in [-0.4, -0.2) is 43.0 Å². The number of hydrogen-bond donors (Lipinski definition) is 0. The Balaban J connectivity index is 1.87. The minimum Gasteiger partial charge on any atom is -0.495 e. The van der Waals surface area contributed by atoms with E-state index in [9.17, 15) is 14.0 Å². The van der Waals surface area contributed by atoms with Gasteiger partial charge in [-0.15, -0.1) is 0 Å². The highest BCUT2D eigenvalue weighted by Gasteiger charge is 2.36. The number of benzene rings is 2. The highest BCUT2D eigenvalue weighted by molar-refractivity contribution is 6.04. The van der Waals surface area contributed by atoms with E-state index in [0.717, 1.165) is 5.56 Å². The molecule has 2 aromatic rings. The second kappa shape index (κ2) is 7.15. The van der Waals surface area contributed by atoms with E-state index >= 15 is 0 Å². The van der Waals surface area contributed by atoms with Crippen LogP contribution < -0.4 is 9.64 Å². The third-order valence-corrected chi connectivity index (χ3v) is 4.65. The molecule has 136 valence electrons. The monoisotopic (exact) mass is 356 g/mol. The molecule has 0 aliphatic carbocycles. The summed E-state index contributed by atoms with van der Waals surface area (Å²) in [4.78, 5) is 28.6. The minimum absolute atomic E-state index is 0.0197. The maximum Gasteiger partial charge on any atom is 0.257 e. The lowest BCUT2D eigenvalue weighted by atomic mass is 10.1. The highest BCUT2D eigenvalue weighted by atomic mass is 19.1. The third kappa shape index (κ3) is 3.14. The zero-order valence-electron chi connectivity index (χ0n) is 15.0. The topological polar surface area (TPSA) is 49.9 Å². The van der Waals surface area contributed by atoms with E-state index in [1.807, 2.05) is 25.1 Å². The van der Waals surface area contributed by atoms with Gasteiger partial charge in [-0.05, 0) is 43.7 Å². The van der Waals surface area contributed by atoms with Crippen LogP contribution in [0, 0.1) is 12.7 Å². The molecule has 1 saturated heterocycles. The Bertz CT molecular complexity index is 853. The summed E-state index contributed by atoms with van der Waals surface area (Å²) in [7, 11) is 1.56. The second-order valence-electron chi connectivity index (χ2n) is 6.32. The molecule has 0 aromatic heterocycles. The number of ether oxygens (including phenoxy) is 1. The van der Waals surface area contributed by atoms with Crippen LogP contribution >= 0.6 is 0 Å². The van der Waals surface area contributed by atoms with Crippen LogP contribution in [0.1, 0.15) is 22.8 Å². The van der Waals surface area contributed by atoms with Crippen molar-refractivity contribution in [3.63, 3.8) is 0 Å². The smallest absolute Gasteiger partial charge is 0.257 e. The van der Waals surface area contributed by atoms with E-state index in [2.05, 4.69) is 0 Å². The maximum absolute atomic E-state index is 13.9. The lowest BCUT2D eigenvalue weighted by Gasteiger charge is -2.39. The molecule has 2 aromatic carbocycles. The molecule has 5 nitrogen and oxygen atoms in total. The van der Waals surface area contributed by atoms with Crippen molar-refractivity contribution in [2.75, 3.05) is 25.1 Å². The Morgan fingerprint density at radius 2 is 1.92 bits per heavy atom. The SMILES string of the molecule is COc1ccc(C)cc1N1CCN(C(=O)c2ccccc2F)C(C)C1=O. The highest BCUT2D eigenvalue weighted by Crippen LogP contribution is 2.31. The zero-order chi connectivity index (χ0) is 18.8. The number of carbonyl (C=O) groups is 2. The van der Waals surface area contributed by atoms with Gasteiger partial charge in [-0.1, -0.05) is 18.2 Å². The van der Waals surface area contributed by atoms with Gasteiger partial charge in [-0.25, -0.2) is 4.39 Å². The van der Waals surface area contributed by atoms with Crippen molar-refractivity contribution in [2.45, 2.75) is 19.9 Å². The average molecular weight is 356 g/mol. The number of amides is 2. The van der Waals surface area contributed by atoms with Crippen LogP contribution in [-0.2, 0) is 4.79 Å². The van der Waals surface area contributed by atoms with Gasteiger partial charge >= 0.3 is 0 Å². The fraction of sp³-hybridized carbons (Fsp3) is 0.300. The third-order valence-electron chi connectivity index (χ3n) is 4.65. The van der Waals surface area contributed by atoms with Crippen molar-refractivity contribution in [1.29, 1.82) is 0 Å². The largest absolute Gasteiger partial charge is 0.495 e. The van der Waals surface area contributed by atoms with E-state index in [1.54, 1.807) is 25.0 Å². The Hall–Kier alpha value is -2.89. The van der Waals surface area contributed by atoms with Crippen LogP contribution in [0.3, 0.4) is 0 Å². The van der Waals surface area contributed by atoms with E-state index in [-0.39, 0.29) is 11.5 Å². The van der Waals surface area contributed by atoms with E-state index < -0.39 is 17.8 Å². The van der Waals surface area contributed by atoms with Crippen LogP contribution in [0.5, 0.6) is 5.75 Å². The fourth-order valence-corrected chi connectivity index (χ4v) is 3.19. The molecule has 1 aliphatic heterocycles. The number of piperazine rings is 1. The van der Waals surface area contributed by atoms with Gasteiger partial charge in [0, 0.05) is 13.1 Å². The first-order chi connectivity index (χ1) is 12.4. The standard InChI is InChI=1S/C20H21FN2O3/c1-13-8-9-18(26-3)17(12-13)23-11-10-22(14(2)19(23)24)20(25)15-6-4-5-7-16(15)21/h4-9,12,14H,10-11H2,1-3H3. The predicted molar refractivity (Wildman–Crippen MR) is 97.0 cm³/mol. The van der Waals surface area contributed by atoms with Crippen molar-refractivity contribution < 1.29 is 18.7 Å². The van der Waals surface area contributed by atoms with Gasteiger partial charge in [0.25, 0.3) is 5.91 Å². The molecule has 0 N–H and O–H groups in total. The van der Waals surface area contributed by atoms with Crippen LogP contribution in [0.25, 0.3) is 0 Å². The summed E-state index contributed by atoms with van der Waals surface area (Å²) in [5.41, 5.74) is 1.67. The number of aryl methyl sites for hydroxylation is 1. The molecular weight excluding hydrogens is 335 g/mol. The number of methoxy groups -OCH3 is 1. The lowest BCUT2D eigenvalue weighted by Crippen LogP contribution is -2.58. The average Bonchev–Trinajstić information content (AvgIpc) is 2.64. The molecule has 0 radical (unpaired) electrons. The first-order valence-corrected chi connectivity index (χ1v) is 8.45. The molecule has 1 unspecified atom stereocenters. The second-order valence-corrected chi connectivity index (χ2v) is 6.32. The molecule has 0 saturated carbocycles. The summed E-state index contributed by atoms with van der Waals surface area (Å²) >= 11 is 0. The van der Waals surface area contributed by atoms with E-state index in [1.165, 1.54) is 23.1 Å². The van der Waals surface area contributed by atoms with Gasteiger partial charge < -0.3 is 14.5 Å². The molecular formula is C20H21FN2O3. The molecule has 6 heteroatoms. The molecule has 1 aliphatic rings. The van der Waals surface area contributed by atoms with Crippen molar-refractivity contribution in [2.24, 2.45) is 0 Å².